The van der Waals surface area contributed by atoms with E-state index < -0.39 is 36.3 Å². The Balaban J connectivity index is 2.97. The summed E-state index contributed by atoms with van der Waals surface area (Å²) in [6, 6.07) is 0. The molecule has 0 amide bonds. The van der Waals surface area contributed by atoms with Gasteiger partial charge in [-0.1, -0.05) is 0 Å². The average molecular weight is 254 g/mol. The van der Waals surface area contributed by atoms with E-state index in [2.05, 4.69) is 0 Å². The van der Waals surface area contributed by atoms with Gasteiger partial charge in [-0.05, 0) is 0 Å². The van der Waals surface area contributed by atoms with Gasteiger partial charge in [0.1, 0.15) is 18.3 Å². The Hall–Kier alpha value is -0.760. The minimum absolute atomic E-state index is 0.0574. The van der Waals surface area contributed by atoms with E-state index in [1.165, 1.54) is 21.3 Å². The van der Waals surface area contributed by atoms with Crippen molar-refractivity contribution >= 4 is 0 Å². The molecule has 0 aromatic rings. The second-order valence-corrected chi connectivity index (χ2v) is 3.58. The van der Waals surface area contributed by atoms with Crippen molar-refractivity contribution in [1.29, 1.82) is 0 Å². The summed E-state index contributed by atoms with van der Waals surface area (Å²) in [5.41, 5.74) is 0. The fourth-order valence-corrected chi connectivity index (χ4v) is 1.84. The zero-order valence-electron chi connectivity index (χ0n) is 9.85. The van der Waals surface area contributed by atoms with Gasteiger partial charge < -0.3 is 24.1 Å². The third-order valence-corrected chi connectivity index (χ3v) is 2.61. The first-order chi connectivity index (χ1) is 8.06. The standard InChI is InChI=1S/C10H16F2O5/c1-14-4-5-7(15-2)8(16-3)6(13)9(17-5)10(11)12/h5-8,13H,4H2,1-3H3/t5-,6-,7-,8-/m1/s1. The van der Waals surface area contributed by atoms with Gasteiger partial charge in [-0.15, -0.1) is 0 Å². The summed E-state index contributed by atoms with van der Waals surface area (Å²) in [7, 11) is 4.11. The van der Waals surface area contributed by atoms with Crippen LogP contribution in [0.25, 0.3) is 0 Å². The molecule has 100 valence electrons. The van der Waals surface area contributed by atoms with E-state index in [1.54, 1.807) is 0 Å². The van der Waals surface area contributed by atoms with Crippen LogP contribution in [-0.4, -0.2) is 57.5 Å². The van der Waals surface area contributed by atoms with Gasteiger partial charge in [0, 0.05) is 21.3 Å². The first-order valence-corrected chi connectivity index (χ1v) is 5.01. The van der Waals surface area contributed by atoms with Crippen molar-refractivity contribution in [3.63, 3.8) is 0 Å². The van der Waals surface area contributed by atoms with Crippen molar-refractivity contribution in [3.05, 3.63) is 11.8 Å². The molecular weight excluding hydrogens is 238 g/mol. The van der Waals surface area contributed by atoms with Crippen LogP contribution in [0.15, 0.2) is 11.8 Å². The molecular formula is C10H16F2O5. The zero-order chi connectivity index (χ0) is 13.0. The number of hydrogen-bond donors (Lipinski definition) is 1. The lowest BCUT2D eigenvalue weighted by Gasteiger charge is -2.39. The van der Waals surface area contributed by atoms with Crippen molar-refractivity contribution < 1.29 is 32.8 Å². The van der Waals surface area contributed by atoms with Gasteiger partial charge in [-0.2, -0.15) is 8.78 Å². The molecule has 0 spiro atoms. The molecule has 0 bridgehead atoms. The van der Waals surface area contributed by atoms with Gasteiger partial charge in [0.15, 0.2) is 11.9 Å². The highest BCUT2D eigenvalue weighted by Gasteiger charge is 2.45. The van der Waals surface area contributed by atoms with E-state index in [1.807, 2.05) is 0 Å². The zero-order valence-corrected chi connectivity index (χ0v) is 9.85. The van der Waals surface area contributed by atoms with E-state index in [0.717, 1.165) is 0 Å². The second kappa shape index (κ2) is 6.25. The molecule has 0 unspecified atom stereocenters. The lowest BCUT2D eigenvalue weighted by atomic mass is 9.98. The first-order valence-electron chi connectivity index (χ1n) is 5.01. The minimum atomic E-state index is -2.07. The van der Waals surface area contributed by atoms with Crippen LogP contribution in [0, 0.1) is 0 Å². The van der Waals surface area contributed by atoms with Gasteiger partial charge in [-0.25, -0.2) is 0 Å². The monoisotopic (exact) mass is 254 g/mol. The van der Waals surface area contributed by atoms with Crippen LogP contribution in [0.5, 0.6) is 0 Å². The SMILES string of the molecule is COC[C@H]1OC(=C(F)F)[C@H](O)[C@@H](OC)[C@@H]1OC. The summed E-state index contributed by atoms with van der Waals surface area (Å²) in [4.78, 5) is 0. The predicted molar refractivity (Wildman–Crippen MR) is 53.6 cm³/mol. The Morgan fingerprint density at radius 3 is 2.24 bits per heavy atom. The van der Waals surface area contributed by atoms with Crippen molar-refractivity contribution in [3.8, 4) is 0 Å². The molecule has 0 aromatic carbocycles. The Kier molecular flexibility index (Phi) is 5.26. The number of ether oxygens (including phenoxy) is 4. The average Bonchev–Trinajstić information content (AvgIpc) is 2.30. The third kappa shape index (κ3) is 2.92. The molecule has 1 heterocycles. The number of rotatable bonds is 4. The Morgan fingerprint density at radius 1 is 1.24 bits per heavy atom. The van der Waals surface area contributed by atoms with Crippen LogP contribution < -0.4 is 0 Å². The number of hydrogen-bond acceptors (Lipinski definition) is 5. The van der Waals surface area contributed by atoms with E-state index in [4.69, 9.17) is 18.9 Å². The maximum atomic E-state index is 12.6. The van der Waals surface area contributed by atoms with Crippen LogP contribution in [-0.2, 0) is 18.9 Å². The van der Waals surface area contributed by atoms with Crippen LogP contribution in [0.3, 0.4) is 0 Å². The van der Waals surface area contributed by atoms with Crippen molar-refractivity contribution in [1.82, 2.24) is 0 Å². The van der Waals surface area contributed by atoms with Crippen molar-refractivity contribution in [2.24, 2.45) is 0 Å². The minimum Gasteiger partial charge on any atom is -0.481 e. The molecule has 0 radical (unpaired) electrons. The fourth-order valence-electron chi connectivity index (χ4n) is 1.84. The quantitative estimate of drug-likeness (QED) is 0.793. The smallest absolute Gasteiger partial charge is 0.310 e. The molecule has 1 saturated heterocycles. The lowest BCUT2D eigenvalue weighted by molar-refractivity contribution is -0.190. The number of halogens is 2. The molecule has 0 aliphatic carbocycles. The van der Waals surface area contributed by atoms with E-state index in [-0.39, 0.29) is 6.61 Å². The first kappa shape index (κ1) is 14.3. The maximum Gasteiger partial charge on any atom is 0.310 e. The molecule has 1 aliphatic rings. The highest BCUT2D eigenvalue weighted by Crippen LogP contribution is 2.30. The van der Waals surface area contributed by atoms with Crippen molar-refractivity contribution in [2.75, 3.05) is 27.9 Å². The highest BCUT2D eigenvalue weighted by molar-refractivity contribution is 5.10. The topological polar surface area (TPSA) is 57.2 Å². The normalized spacial score (nSPS) is 33.4. The molecule has 1 rings (SSSR count). The van der Waals surface area contributed by atoms with E-state index in [9.17, 15) is 13.9 Å². The van der Waals surface area contributed by atoms with Gasteiger partial charge in [-0.3, -0.25) is 0 Å². The second-order valence-electron chi connectivity index (χ2n) is 3.58. The van der Waals surface area contributed by atoms with Crippen LogP contribution in [0.1, 0.15) is 0 Å². The number of methoxy groups -OCH3 is 3. The van der Waals surface area contributed by atoms with Gasteiger partial charge >= 0.3 is 6.08 Å². The summed E-state index contributed by atoms with van der Waals surface area (Å²) < 4.78 is 45.1. The van der Waals surface area contributed by atoms with E-state index >= 15 is 0 Å². The summed E-state index contributed by atoms with van der Waals surface area (Å²) in [5.74, 6) is -0.785. The Bertz CT molecular complexity index is 280. The van der Waals surface area contributed by atoms with Crippen LogP contribution in [0.2, 0.25) is 0 Å². The fraction of sp³-hybridized carbons (Fsp3) is 0.800. The highest BCUT2D eigenvalue weighted by atomic mass is 19.3. The molecule has 1 aliphatic heterocycles. The summed E-state index contributed by atoms with van der Waals surface area (Å²) in [5, 5.41) is 9.68. The van der Waals surface area contributed by atoms with Gasteiger partial charge in [0.25, 0.3) is 0 Å². The summed E-state index contributed by atoms with van der Waals surface area (Å²) in [6.07, 6.45) is -5.99. The molecule has 17 heavy (non-hydrogen) atoms. The largest absolute Gasteiger partial charge is 0.481 e. The molecule has 4 atom stereocenters. The summed E-state index contributed by atoms with van der Waals surface area (Å²) in [6.45, 7) is 0.0574. The summed E-state index contributed by atoms with van der Waals surface area (Å²) >= 11 is 0. The number of aliphatic hydroxyl groups excluding tert-OH is 1. The lowest BCUT2D eigenvalue weighted by Crippen LogP contribution is -2.55. The maximum absolute atomic E-state index is 12.6. The molecule has 0 aromatic heterocycles. The van der Waals surface area contributed by atoms with Gasteiger partial charge in [0.2, 0.25) is 0 Å². The molecule has 7 heteroatoms. The Labute approximate surface area is 97.9 Å². The molecule has 1 N–H and O–H groups in total. The predicted octanol–water partition coefficient (Wildman–Crippen LogP) is 0.531. The molecule has 0 saturated carbocycles. The molecule has 1 fully saturated rings. The third-order valence-electron chi connectivity index (χ3n) is 2.61. The van der Waals surface area contributed by atoms with E-state index in [0.29, 0.717) is 0 Å². The molecule has 5 nitrogen and oxygen atoms in total. The Morgan fingerprint density at radius 2 is 1.82 bits per heavy atom. The number of aliphatic hydroxyl groups is 1. The van der Waals surface area contributed by atoms with Crippen LogP contribution in [0.4, 0.5) is 8.78 Å². The van der Waals surface area contributed by atoms with Crippen LogP contribution >= 0.6 is 0 Å². The van der Waals surface area contributed by atoms with Crippen molar-refractivity contribution in [2.45, 2.75) is 24.4 Å². The van der Waals surface area contributed by atoms with Gasteiger partial charge in [0.05, 0.1) is 6.61 Å².